The summed E-state index contributed by atoms with van der Waals surface area (Å²) in [5.41, 5.74) is 0.410. The summed E-state index contributed by atoms with van der Waals surface area (Å²) in [4.78, 5) is 49.5. The van der Waals surface area contributed by atoms with Gasteiger partial charge in [-0.15, -0.1) is 0 Å². The molecule has 2 aliphatic rings. The van der Waals surface area contributed by atoms with Crippen LogP contribution < -0.4 is 5.32 Å². The minimum Gasteiger partial charge on any atom is -0.614 e. The summed E-state index contributed by atoms with van der Waals surface area (Å²) in [6.07, 6.45) is 0.0331. The Morgan fingerprint density at radius 1 is 1.18 bits per heavy atom. The number of rotatable bonds is 7. The molecule has 12 heteroatoms. The summed E-state index contributed by atoms with van der Waals surface area (Å²) in [6.45, 7) is -0.420. The molecule has 3 atom stereocenters. The fraction of sp³-hybridized carbons (Fsp3) is 0.227. The fourth-order valence-corrected chi connectivity index (χ4v) is 5.73. The van der Waals surface area contributed by atoms with E-state index in [1.807, 2.05) is 6.07 Å². The summed E-state index contributed by atoms with van der Waals surface area (Å²) in [5, 5.41) is 12.6. The van der Waals surface area contributed by atoms with E-state index in [2.05, 4.69) is 5.32 Å². The molecule has 0 radical (unpaired) electrons. The number of nitro benzene ring substituents is 1. The minimum atomic E-state index is -1.66. The molecule has 0 saturated carbocycles. The van der Waals surface area contributed by atoms with Crippen molar-refractivity contribution in [3.63, 3.8) is 0 Å². The van der Waals surface area contributed by atoms with Gasteiger partial charge in [0.15, 0.2) is 11.7 Å². The Kier molecular flexibility index (Phi) is 6.87. The molecule has 2 heterocycles. The van der Waals surface area contributed by atoms with E-state index in [1.54, 1.807) is 30.3 Å². The standard InChI is InChI=1S/C22H18ClN3O7S/c23-15-12-34(32)21-18(24-17(27)10-13-6-2-1-3-7-13)20(28)25(21)19(15)22(29)33-11-14-8-4-5-9-16(14)26(30)31/h1-9,18,21H,10-12H2,(H,24,27)/t18?,21-,34?/m1/s1. The van der Waals surface area contributed by atoms with Gasteiger partial charge in [-0.1, -0.05) is 54.1 Å². The molecule has 10 nitrogen and oxygen atoms in total. The number of carbonyl (C=O) groups is 3. The predicted molar refractivity (Wildman–Crippen MR) is 121 cm³/mol. The molecule has 34 heavy (non-hydrogen) atoms. The summed E-state index contributed by atoms with van der Waals surface area (Å²) in [5.74, 6) is -2.25. The number of nitrogens with one attached hydrogen (secondary N) is 1. The number of esters is 1. The minimum absolute atomic E-state index is 0.0331. The highest BCUT2D eigenvalue weighted by Crippen LogP contribution is 2.38. The van der Waals surface area contributed by atoms with Crippen molar-refractivity contribution in [1.82, 2.24) is 10.2 Å². The highest BCUT2D eigenvalue weighted by molar-refractivity contribution is 7.92. The highest BCUT2D eigenvalue weighted by Gasteiger charge is 2.61. The van der Waals surface area contributed by atoms with Crippen LogP contribution in [0.25, 0.3) is 0 Å². The van der Waals surface area contributed by atoms with E-state index >= 15 is 0 Å². The molecule has 2 aliphatic heterocycles. The van der Waals surface area contributed by atoms with Crippen LogP contribution in [0.4, 0.5) is 5.69 Å². The van der Waals surface area contributed by atoms with E-state index in [-0.39, 0.29) is 34.2 Å². The van der Waals surface area contributed by atoms with Gasteiger partial charge in [0.25, 0.3) is 11.6 Å². The lowest BCUT2D eigenvalue weighted by molar-refractivity contribution is -0.385. The van der Waals surface area contributed by atoms with Crippen LogP contribution in [0.5, 0.6) is 0 Å². The second-order valence-corrected chi connectivity index (χ2v) is 9.54. The number of fused-ring (bicyclic) bond motifs is 1. The van der Waals surface area contributed by atoms with E-state index in [1.165, 1.54) is 18.2 Å². The number of benzene rings is 2. The predicted octanol–water partition coefficient (Wildman–Crippen LogP) is 1.75. The first-order valence-electron chi connectivity index (χ1n) is 10.1. The zero-order chi connectivity index (χ0) is 24.4. The molecule has 4 rings (SSSR count). The van der Waals surface area contributed by atoms with Crippen molar-refractivity contribution < 1.29 is 28.6 Å². The average molecular weight is 504 g/mol. The van der Waals surface area contributed by atoms with Gasteiger partial charge in [0.1, 0.15) is 12.4 Å². The molecule has 1 saturated heterocycles. The summed E-state index contributed by atoms with van der Waals surface area (Å²) in [6, 6.07) is 13.6. The number of para-hydroxylation sites is 1. The van der Waals surface area contributed by atoms with Crippen LogP contribution in [0.1, 0.15) is 11.1 Å². The Labute approximate surface area is 201 Å². The fourth-order valence-electron chi connectivity index (χ4n) is 3.75. The Bertz CT molecular complexity index is 1190. The summed E-state index contributed by atoms with van der Waals surface area (Å²) in [7, 11) is 0. The van der Waals surface area contributed by atoms with Crippen molar-refractivity contribution in [3.05, 3.63) is 86.6 Å². The van der Waals surface area contributed by atoms with Gasteiger partial charge in [-0.25, -0.2) is 4.79 Å². The van der Waals surface area contributed by atoms with Gasteiger partial charge >= 0.3 is 5.97 Å². The molecule has 2 unspecified atom stereocenters. The zero-order valence-electron chi connectivity index (χ0n) is 17.5. The third kappa shape index (κ3) is 4.63. The van der Waals surface area contributed by atoms with Crippen LogP contribution in [-0.4, -0.2) is 49.3 Å². The molecule has 1 fully saturated rings. The molecule has 2 amide bonds. The molecule has 2 aromatic carbocycles. The van der Waals surface area contributed by atoms with E-state index in [9.17, 15) is 29.1 Å². The van der Waals surface area contributed by atoms with Crippen LogP contribution in [0.3, 0.4) is 0 Å². The molecular weight excluding hydrogens is 486 g/mol. The van der Waals surface area contributed by atoms with Crippen LogP contribution in [0.2, 0.25) is 0 Å². The molecular formula is C22H18ClN3O7S. The number of hydrogen-bond donors (Lipinski definition) is 1. The summed E-state index contributed by atoms with van der Waals surface area (Å²) >= 11 is 4.50. The highest BCUT2D eigenvalue weighted by atomic mass is 35.5. The van der Waals surface area contributed by atoms with Crippen LogP contribution in [0.15, 0.2) is 65.3 Å². The van der Waals surface area contributed by atoms with E-state index < -0.39 is 51.9 Å². The summed E-state index contributed by atoms with van der Waals surface area (Å²) < 4.78 is 17.8. The van der Waals surface area contributed by atoms with Crippen molar-refractivity contribution in [3.8, 4) is 0 Å². The lowest BCUT2D eigenvalue weighted by Gasteiger charge is -2.48. The van der Waals surface area contributed by atoms with E-state index in [4.69, 9.17) is 16.3 Å². The smallest absolute Gasteiger partial charge is 0.356 e. The third-order valence-electron chi connectivity index (χ3n) is 5.34. The number of β-lactam (4-membered cyclic amide) rings is 1. The molecule has 0 aliphatic carbocycles. The number of amides is 2. The van der Waals surface area contributed by atoms with Gasteiger partial charge < -0.3 is 14.6 Å². The Morgan fingerprint density at radius 2 is 1.85 bits per heavy atom. The molecule has 0 aromatic heterocycles. The largest absolute Gasteiger partial charge is 0.614 e. The van der Waals surface area contributed by atoms with Gasteiger partial charge in [0.05, 0.1) is 21.9 Å². The van der Waals surface area contributed by atoms with Gasteiger partial charge in [-0.05, 0) is 22.8 Å². The quantitative estimate of drug-likeness (QED) is 0.199. The maximum Gasteiger partial charge on any atom is 0.356 e. The van der Waals surface area contributed by atoms with Crippen molar-refractivity contribution in [2.75, 3.05) is 5.75 Å². The van der Waals surface area contributed by atoms with Crippen molar-refractivity contribution >= 4 is 46.2 Å². The van der Waals surface area contributed by atoms with E-state index in [0.717, 1.165) is 10.5 Å². The van der Waals surface area contributed by atoms with Crippen LogP contribution in [0, 0.1) is 10.1 Å². The van der Waals surface area contributed by atoms with Crippen molar-refractivity contribution in [2.24, 2.45) is 0 Å². The number of carbonyl (C=O) groups excluding carboxylic acids is 3. The normalized spacial score (nSPS) is 21.4. The lowest BCUT2D eigenvalue weighted by atomic mass is 10.0. The van der Waals surface area contributed by atoms with E-state index in [0.29, 0.717) is 0 Å². The van der Waals surface area contributed by atoms with Gasteiger partial charge in [0, 0.05) is 6.07 Å². The molecule has 2 aromatic rings. The Hall–Kier alpha value is -3.41. The number of ether oxygens (including phenoxy) is 1. The van der Waals surface area contributed by atoms with Crippen molar-refractivity contribution in [2.45, 2.75) is 24.4 Å². The van der Waals surface area contributed by atoms with Crippen molar-refractivity contribution in [1.29, 1.82) is 0 Å². The number of halogens is 1. The SMILES string of the molecule is O=C(Cc1ccccc1)NC1C(=O)N2C(C(=O)OCc3ccccc3[N+](=O)[O-])=C(Cl)C[S+]([O-])[C@H]12. The van der Waals surface area contributed by atoms with Crippen LogP contribution in [-0.2, 0) is 43.3 Å². The Balaban J connectivity index is 1.45. The van der Waals surface area contributed by atoms with Gasteiger partial charge in [-0.3, -0.25) is 24.6 Å². The molecule has 0 spiro atoms. The second-order valence-electron chi connectivity index (χ2n) is 7.55. The van der Waals surface area contributed by atoms with Gasteiger partial charge in [0.2, 0.25) is 11.3 Å². The monoisotopic (exact) mass is 503 g/mol. The number of nitro groups is 1. The maximum absolute atomic E-state index is 12.8. The number of hydrogen-bond acceptors (Lipinski definition) is 7. The third-order valence-corrected chi connectivity index (χ3v) is 7.41. The number of nitrogens with zero attached hydrogens (tertiary/aromatic N) is 2. The van der Waals surface area contributed by atoms with Crippen LogP contribution >= 0.6 is 11.6 Å². The average Bonchev–Trinajstić information content (AvgIpc) is 2.81. The maximum atomic E-state index is 12.8. The first-order valence-corrected chi connectivity index (χ1v) is 11.9. The lowest BCUT2D eigenvalue weighted by Crippen LogP contribution is -2.74. The first-order chi connectivity index (χ1) is 16.3. The first kappa shape index (κ1) is 23.7. The van der Waals surface area contributed by atoms with Gasteiger partial charge in [-0.2, -0.15) is 0 Å². The molecule has 176 valence electrons. The topological polar surface area (TPSA) is 142 Å². The molecule has 0 bridgehead atoms. The Morgan fingerprint density at radius 3 is 2.56 bits per heavy atom. The zero-order valence-corrected chi connectivity index (χ0v) is 19.1. The molecule has 1 N–H and O–H groups in total. The second kappa shape index (κ2) is 9.84.